The van der Waals surface area contributed by atoms with Gasteiger partial charge in [0.2, 0.25) is 0 Å². The van der Waals surface area contributed by atoms with Crippen LogP contribution in [0.1, 0.15) is 13.3 Å². The van der Waals surface area contributed by atoms with Crippen LogP contribution in [0.5, 0.6) is 0 Å². The van der Waals surface area contributed by atoms with E-state index in [1.807, 2.05) is 30.3 Å². The Bertz CT molecular complexity index is 323. The fourth-order valence-electron chi connectivity index (χ4n) is 1.67. The molecule has 0 aliphatic carbocycles. The van der Waals surface area contributed by atoms with E-state index in [-0.39, 0.29) is 12.1 Å². The molecule has 1 saturated heterocycles. The van der Waals surface area contributed by atoms with Gasteiger partial charge in [-0.1, -0.05) is 25.1 Å². The maximum Gasteiger partial charge on any atom is 0.414 e. The molecule has 2 rings (SSSR count). The summed E-state index contributed by atoms with van der Waals surface area (Å²) in [5.41, 5.74) is 0.918. The summed E-state index contributed by atoms with van der Waals surface area (Å²) in [5.74, 6) is 0. The molecule has 1 aromatic rings. The van der Waals surface area contributed by atoms with Crippen LogP contribution in [0.25, 0.3) is 0 Å². The summed E-state index contributed by atoms with van der Waals surface area (Å²) in [7, 11) is 0. The first-order valence-electron chi connectivity index (χ1n) is 4.84. The number of anilines is 1. The molecule has 1 aliphatic heterocycles. The minimum absolute atomic E-state index is 0.185. The lowest BCUT2D eigenvalue weighted by Crippen LogP contribution is -2.32. The highest BCUT2D eigenvalue weighted by atomic mass is 16.6. The number of carbonyl (C=O) groups excluding carboxylic acids is 1. The molecule has 74 valence electrons. The second-order valence-electron chi connectivity index (χ2n) is 3.34. The molecular formula is C11H13NO2. The standard InChI is InChI=1S/C11H13NO2/c1-2-9-8-14-11(13)12(9)10-6-4-3-5-7-10/h3-7,9H,2,8H2,1H3/t9-/m1/s1. The third-order valence-corrected chi connectivity index (χ3v) is 2.47. The number of rotatable bonds is 2. The number of ether oxygens (including phenoxy) is 1. The summed E-state index contributed by atoms with van der Waals surface area (Å²) >= 11 is 0. The van der Waals surface area contributed by atoms with Crippen molar-refractivity contribution in [3.05, 3.63) is 30.3 Å². The van der Waals surface area contributed by atoms with Crippen molar-refractivity contribution in [1.29, 1.82) is 0 Å². The summed E-state index contributed by atoms with van der Waals surface area (Å²) in [6.45, 7) is 2.56. The van der Waals surface area contributed by atoms with Crippen LogP contribution < -0.4 is 4.90 Å². The van der Waals surface area contributed by atoms with Crippen molar-refractivity contribution in [3.63, 3.8) is 0 Å². The summed E-state index contributed by atoms with van der Waals surface area (Å²) < 4.78 is 5.01. The third kappa shape index (κ3) is 1.45. The molecular weight excluding hydrogens is 178 g/mol. The van der Waals surface area contributed by atoms with Gasteiger partial charge in [-0.2, -0.15) is 0 Å². The predicted octanol–water partition coefficient (Wildman–Crippen LogP) is 2.42. The minimum Gasteiger partial charge on any atom is -0.447 e. The lowest BCUT2D eigenvalue weighted by Gasteiger charge is -2.19. The molecule has 1 heterocycles. The number of cyclic esters (lactones) is 1. The van der Waals surface area contributed by atoms with E-state index in [4.69, 9.17) is 4.74 Å². The molecule has 1 aromatic carbocycles. The molecule has 3 heteroatoms. The molecule has 0 saturated carbocycles. The minimum atomic E-state index is -0.233. The van der Waals surface area contributed by atoms with Gasteiger partial charge in [0.05, 0.1) is 6.04 Å². The molecule has 0 unspecified atom stereocenters. The molecule has 0 aromatic heterocycles. The summed E-state index contributed by atoms with van der Waals surface area (Å²) in [6.07, 6.45) is 0.684. The Balaban J connectivity index is 2.28. The first-order chi connectivity index (χ1) is 6.83. The first-order valence-corrected chi connectivity index (χ1v) is 4.84. The smallest absolute Gasteiger partial charge is 0.414 e. The van der Waals surface area contributed by atoms with Crippen LogP contribution in [0.4, 0.5) is 10.5 Å². The average Bonchev–Trinajstić information content (AvgIpc) is 2.61. The molecule has 0 N–H and O–H groups in total. The highest BCUT2D eigenvalue weighted by Crippen LogP contribution is 2.23. The molecule has 0 radical (unpaired) electrons. The fourth-order valence-corrected chi connectivity index (χ4v) is 1.67. The molecule has 1 atom stereocenters. The Kier molecular flexibility index (Phi) is 2.39. The number of hydrogen-bond donors (Lipinski definition) is 0. The van der Waals surface area contributed by atoms with E-state index in [0.29, 0.717) is 6.61 Å². The number of amides is 1. The van der Waals surface area contributed by atoms with Crippen molar-refractivity contribution in [2.45, 2.75) is 19.4 Å². The highest BCUT2D eigenvalue weighted by Gasteiger charge is 2.32. The van der Waals surface area contributed by atoms with E-state index < -0.39 is 0 Å². The molecule has 1 aliphatic rings. The van der Waals surface area contributed by atoms with Crippen LogP contribution >= 0.6 is 0 Å². The second-order valence-corrected chi connectivity index (χ2v) is 3.34. The van der Waals surface area contributed by atoms with Gasteiger partial charge in [-0.15, -0.1) is 0 Å². The number of nitrogens with zero attached hydrogens (tertiary/aromatic N) is 1. The van der Waals surface area contributed by atoms with Crippen LogP contribution in [0, 0.1) is 0 Å². The Labute approximate surface area is 83.3 Å². The molecule has 1 fully saturated rings. The maximum absolute atomic E-state index is 11.4. The quantitative estimate of drug-likeness (QED) is 0.718. The van der Waals surface area contributed by atoms with Crippen molar-refractivity contribution < 1.29 is 9.53 Å². The van der Waals surface area contributed by atoms with Gasteiger partial charge in [0, 0.05) is 5.69 Å². The van der Waals surface area contributed by atoms with Gasteiger partial charge in [0.15, 0.2) is 0 Å². The SMILES string of the molecule is CC[C@@H]1COC(=O)N1c1ccccc1. The van der Waals surface area contributed by atoms with Crippen LogP contribution in [0.3, 0.4) is 0 Å². The molecule has 3 nitrogen and oxygen atoms in total. The van der Waals surface area contributed by atoms with Gasteiger partial charge >= 0.3 is 6.09 Å². The van der Waals surface area contributed by atoms with E-state index in [0.717, 1.165) is 12.1 Å². The van der Waals surface area contributed by atoms with Gasteiger partial charge in [-0.05, 0) is 18.6 Å². The number of hydrogen-bond acceptors (Lipinski definition) is 2. The largest absolute Gasteiger partial charge is 0.447 e. The lowest BCUT2D eigenvalue weighted by atomic mass is 10.2. The van der Waals surface area contributed by atoms with Gasteiger partial charge in [0.1, 0.15) is 6.61 Å². The highest BCUT2D eigenvalue weighted by molar-refractivity contribution is 5.90. The topological polar surface area (TPSA) is 29.5 Å². The molecule has 0 spiro atoms. The first kappa shape index (κ1) is 9.06. The number of para-hydroxylation sites is 1. The second kappa shape index (κ2) is 3.70. The predicted molar refractivity (Wildman–Crippen MR) is 54.3 cm³/mol. The number of benzene rings is 1. The monoisotopic (exact) mass is 191 g/mol. The Hall–Kier alpha value is -1.51. The Morgan fingerprint density at radius 2 is 2.14 bits per heavy atom. The fraction of sp³-hybridized carbons (Fsp3) is 0.364. The van der Waals surface area contributed by atoms with Crippen LogP contribution in [0.15, 0.2) is 30.3 Å². The van der Waals surface area contributed by atoms with E-state index in [2.05, 4.69) is 6.92 Å². The maximum atomic E-state index is 11.4. The van der Waals surface area contributed by atoms with E-state index in [1.165, 1.54) is 0 Å². The van der Waals surface area contributed by atoms with E-state index in [1.54, 1.807) is 4.90 Å². The summed E-state index contributed by atoms with van der Waals surface area (Å²) in [6, 6.07) is 9.82. The van der Waals surface area contributed by atoms with Crippen molar-refractivity contribution >= 4 is 11.8 Å². The van der Waals surface area contributed by atoms with E-state index in [9.17, 15) is 4.79 Å². The van der Waals surface area contributed by atoms with Gasteiger partial charge in [-0.25, -0.2) is 4.79 Å². The van der Waals surface area contributed by atoms with Gasteiger partial charge < -0.3 is 4.74 Å². The lowest BCUT2D eigenvalue weighted by molar-refractivity contribution is 0.178. The van der Waals surface area contributed by atoms with Crippen LogP contribution in [0.2, 0.25) is 0 Å². The van der Waals surface area contributed by atoms with Crippen molar-refractivity contribution in [3.8, 4) is 0 Å². The normalized spacial score (nSPS) is 21.1. The van der Waals surface area contributed by atoms with Crippen LogP contribution in [-0.4, -0.2) is 18.7 Å². The molecule has 14 heavy (non-hydrogen) atoms. The number of carbonyl (C=O) groups is 1. The zero-order valence-electron chi connectivity index (χ0n) is 8.14. The Morgan fingerprint density at radius 3 is 2.79 bits per heavy atom. The molecule has 0 bridgehead atoms. The molecule has 1 amide bonds. The summed E-state index contributed by atoms with van der Waals surface area (Å²) in [5, 5.41) is 0. The van der Waals surface area contributed by atoms with Crippen molar-refractivity contribution in [2.75, 3.05) is 11.5 Å². The van der Waals surface area contributed by atoms with Crippen molar-refractivity contribution in [2.24, 2.45) is 0 Å². The zero-order chi connectivity index (χ0) is 9.97. The van der Waals surface area contributed by atoms with Crippen LogP contribution in [-0.2, 0) is 4.74 Å². The van der Waals surface area contributed by atoms with Gasteiger partial charge in [-0.3, -0.25) is 4.90 Å². The van der Waals surface area contributed by atoms with Crippen molar-refractivity contribution in [1.82, 2.24) is 0 Å². The zero-order valence-corrected chi connectivity index (χ0v) is 8.14. The van der Waals surface area contributed by atoms with E-state index >= 15 is 0 Å². The summed E-state index contributed by atoms with van der Waals surface area (Å²) in [4.78, 5) is 13.2. The Morgan fingerprint density at radius 1 is 1.43 bits per heavy atom. The van der Waals surface area contributed by atoms with Gasteiger partial charge in [0.25, 0.3) is 0 Å². The third-order valence-electron chi connectivity index (χ3n) is 2.47. The average molecular weight is 191 g/mol.